The van der Waals surface area contributed by atoms with Gasteiger partial charge in [-0.15, -0.1) is 0 Å². The molecule has 0 saturated heterocycles. The highest BCUT2D eigenvalue weighted by Crippen LogP contribution is 2.34. The van der Waals surface area contributed by atoms with Gasteiger partial charge in [0.05, 0.1) is 19.0 Å². The molecule has 0 bridgehead atoms. The third-order valence-corrected chi connectivity index (χ3v) is 4.88. The molecule has 0 aliphatic carbocycles. The predicted molar refractivity (Wildman–Crippen MR) is 109 cm³/mol. The summed E-state index contributed by atoms with van der Waals surface area (Å²) in [4.78, 5) is 24.9. The van der Waals surface area contributed by atoms with Crippen LogP contribution in [0.1, 0.15) is 26.4 Å². The molecule has 0 aliphatic heterocycles. The van der Waals surface area contributed by atoms with Crippen molar-refractivity contribution in [2.45, 2.75) is 6.42 Å². The van der Waals surface area contributed by atoms with Crippen molar-refractivity contribution in [2.24, 2.45) is 0 Å². The van der Waals surface area contributed by atoms with E-state index in [-0.39, 0.29) is 12.2 Å². The molecule has 2 aromatic heterocycles. The Morgan fingerprint density at radius 3 is 2.54 bits per heavy atom. The number of ether oxygens (including phenoxy) is 1. The zero-order chi connectivity index (χ0) is 19.5. The van der Waals surface area contributed by atoms with Crippen molar-refractivity contribution < 1.29 is 14.3 Å². The van der Waals surface area contributed by atoms with E-state index < -0.39 is 0 Å². The van der Waals surface area contributed by atoms with E-state index in [1.807, 2.05) is 83.4 Å². The number of ketones is 1. The monoisotopic (exact) mass is 369 g/mol. The molecule has 138 valence electrons. The van der Waals surface area contributed by atoms with Gasteiger partial charge in [-0.2, -0.15) is 0 Å². The van der Waals surface area contributed by atoms with E-state index in [4.69, 9.17) is 4.74 Å². The number of hydrogen-bond acceptors (Lipinski definition) is 3. The molecule has 2 heterocycles. The molecule has 0 atom stereocenters. The summed E-state index contributed by atoms with van der Waals surface area (Å²) in [5, 5.41) is 0. The molecule has 2 aromatic carbocycles. The Bertz CT molecular complexity index is 1160. The molecule has 4 aromatic rings. The zero-order valence-corrected chi connectivity index (χ0v) is 15.5. The fraction of sp³-hybridized carbons (Fsp3) is 0.0833. The van der Waals surface area contributed by atoms with Gasteiger partial charge in [-0.05, 0) is 29.8 Å². The van der Waals surface area contributed by atoms with Gasteiger partial charge in [0.1, 0.15) is 5.75 Å². The molecule has 0 amide bonds. The molecule has 4 nitrogen and oxygen atoms in total. The Morgan fingerprint density at radius 2 is 1.79 bits per heavy atom. The number of benzene rings is 2. The normalized spacial score (nSPS) is 10.8. The lowest BCUT2D eigenvalue weighted by Gasteiger charge is -2.09. The van der Waals surface area contributed by atoms with E-state index in [0.717, 1.165) is 28.6 Å². The standard InChI is InChI=1S/C24H19NO3/c1-28-19-11-7-10-18(14-19)24-20(16-26)21-12-5-6-13-25(21)22(24)15-23(27)17-8-3-2-4-9-17/h2-14,16H,15H2,1H3. The molecule has 0 saturated carbocycles. The van der Waals surface area contributed by atoms with E-state index in [2.05, 4.69) is 0 Å². The number of Topliss-reactive ketones (excluding diaryl/α,β-unsaturated/α-hetero) is 1. The highest BCUT2D eigenvalue weighted by molar-refractivity contribution is 6.02. The first kappa shape index (κ1) is 17.7. The third kappa shape index (κ3) is 3.09. The fourth-order valence-electron chi connectivity index (χ4n) is 3.57. The van der Waals surface area contributed by atoms with Gasteiger partial charge in [-0.25, -0.2) is 0 Å². The number of methoxy groups -OCH3 is 1. The van der Waals surface area contributed by atoms with Crippen LogP contribution in [0, 0.1) is 0 Å². The summed E-state index contributed by atoms with van der Waals surface area (Å²) in [5.41, 5.74) is 4.42. The number of hydrogen-bond donors (Lipinski definition) is 0. The summed E-state index contributed by atoms with van der Waals surface area (Å²) in [7, 11) is 1.61. The van der Waals surface area contributed by atoms with Gasteiger partial charge in [0.2, 0.25) is 0 Å². The molecule has 4 rings (SSSR count). The van der Waals surface area contributed by atoms with Crippen LogP contribution in [0.4, 0.5) is 0 Å². The summed E-state index contributed by atoms with van der Waals surface area (Å²) in [6, 6.07) is 22.4. The van der Waals surface area contributed by atoms with Gasteiger partial charge in [-0.3, -0.25) is 9.59 Å². The number of pyridine rings is 1. The Balaban J connectivity index is 1.93. The first-order valence-corrected chi connectivity index (χ1v) is 9.02. The lowest BCUT2D eigenvalue weighted by Crippen LogP contribution is -2.06. The number of fused-ring (bicyclic) bond motifs is 1. The van der Waals surface area contributed by atoms with Crippen LogP contribution < -0.4 is 4.74 Å². The predicted octanol–water partition coefficient (Wildman–Crippen LogP) is 4.85. The van der Waals surface area contributed by atoms with Crippen LogP contribution in [-0.4, -0.2) is 23.6 Å². The van der Waals surface area contributed by atoms with E-state index in [1.165, 1.54) is 0 Å². The first-order chi connectivity index (χ1) is 13.7. The number of aldehydes is 1. The maximum absolute atomic E-state index is 12.9. The van der Waals surface area contributed by atoms with Crippen LogP contribution in [0.15, 0.2) is 79.0 Å². The molecule has 28 heavy (non-hydrogen) atoms. The van der Waals surface area contributed by atoms with Crippen molar-refractivity contribution in [1.82, 2.24) is 4.40 Å². The third-order valence-electron chi connectivity index (χ3n) is 4.88. The lowest BCUT2D eigenvalue weighted by molar-refractivity contribution is 0.0991. The molecule has 4 heteroatoms. The second kappa shape index (κ2) is 7.53. The minimum atomic E-state index is 0.00504. The molecule has 0 N–H and O–H groups in total. The van der Waals surface area contributed by atoms with Crippen molar-refractivity contribution in [1.29, 1.82) is 0 Å². The van der Waals surface area contributed by atoms with Crippen molar-refractivity contribution >= 4 is 17.6 Å². The minimum absolute atomic E-state index is 0.00504. The zero-order valence-electron chi connectivity index (χ0n) is 15.5. The van der Waals surface area contributed by atoms with Crippen LogP contribution >= 0.6 is 0 Å². The average Bonchev–Trinajstić information content (AvgIpc) is 3.07. The highest BCUT2D eigenvalue weighted by atomic mass is 16.5. The van der Waals surface area contributed by atoms with E-state index in [1.54, 1.807) is 7.11 Å². The molecule has 0 aliphatic rings. The van der Waals surface area contributed by atoms with Crippen molar-refractivity contribution in [3.63, 3.8) is 0 Å². The fourth-order valence-corrected chi connectivity index (χ4v) is 3.57. The van der Waals surface area contributed by atoms with Crippen molar-refractivity contribution in [3.05, 3.63) is 95.8 Å². The second-order valence-corrected chi connectivity index (χ2v) is 6.51. The van der Waals surface area contributed by atoms with Crippen LogP contribution in [-0.2, 0) is 6.42 Å². The molecular weight excluding hydrogens is 350 g/mol. The summed E-state index contributed by atoms with van der Waals surface area (Å²) >= 11 is 0. The van der Waals surface area contributed by atoms with E-state index >= 15 is 0 Å². The SMILES string of the molecule is COc1cccc(-c2c(C=O)c3ccccn3c2CC(=O)c2ccccc2)c1. The first-order valence-electron chi connectivity index (χ1n) is 9.02. The van der Waals surface area contributed by atoms with Gasteiger partial charge >= 0.3 is 0 Å². The summed E-state index contributed by atoms with van der Waals surface area (Å²) in [6.45, 7) is 0. The molecule has 0 radical (unpaired) electrons. The van der Waals surface area contributed by atoms with Gasteiger partial charge in [0, 0.05) is 28.6 Å². The van der Waals surface area contributed by atoms with Crippen LogP contribution in [0.3, 0.4) is 0 Å². The lowest BCUT2D eigenvalue weighted by atomic mass is 9.97. The average molecular weight is 369 g/mol. The number of nitrogens with zero attached hydrogens (tertiary/aromatic N) is 1. The summed E-state index contributed by atoms with van der Waals surface area (Å²) in [5.74, 6) is 0.704. The van der Waals surface area contributed by atoms with Gasteiger partial charge in [0.15, 0.2) is 12.1 Å². The van der Waals surface area contributed by atoms with E-state index in [9.17, 15) is 9.59 Å². The highest BCUT2D eigenvalue weighted by Gasteiger charge is 2.21. The number of carbonyl (C=O) groups excluding carboxylic acids is 2. The van der Waals surface area contributed by atoms with Crippen LogP contribution in [0.2, 0.25) is 0 Å². The Morgan fingerprint density at radius 1 is 1.00 bits per heavy atom. The van der Waals surface area contributed by atoms with Crippen molar-refractivity contribution in [2.75, 3.05) is 7.11 Å². The Hall–Kier alpha value is -3.66. The Kier molecular flexibility index (Phi) is 4.77. The topological polar surface area (TPSA) is 47.8 Å². The Labute approximate surface area is 163 Å². The number of aromatic nitrogens is 1. The van der Waals surface area contributed by atoms with E-state index in [0.29, 0.717) is 16.9 Å². The summed E-state index contributed by atoms with van der Waals surface area (Å²) < 4.78 is 7.28. The number of carbonyl (C=O) groups is 2. The molecule has 0 fully saturated rings. The quantitative estimate of drug-likeness (QED) is 0.360. The van der Waals surface area contributed by atoms with Gasteiger partial charge < -0.3 is 9.14 Å². The van der Waals surface area contributed by atoms with Crippen LogP contribution in [0.25, 0.3) is 16.6 Å². The molecule has 0 unspecified atom stereocenters. The van der Waals surface area contributed by atoms with Gasteiger partial charge in [-0.1, -0.05) is 48.5 Å². The van der Waals surface area contributed by atoms with Gasteiger partial charge in [0.25, 0.3) is 0 Å². The number of rotatable bonds is 6. The maximum Gasteiger partial charge on any atom is 0.168 e. The molecular formula is C24H19NO3. The molecule has 0 spiro atoms. The summed E-state index contributed by atoms with van der Waals surface area (Å²) in [6.07, 6.45) is 2.94. The minimum Gasteiger partial charge on any atom is -0.497 e. The maximum atomic E-state index is 12.9. The van der Waals surface area contributed by atoms with Crippen molar-refractivity contribution in [3.8, 4) is 16.9 Å². The smallest absolute Gasteiger partial charge is 0.168 e. The largest absolute Gasteiger partial charge is 0.497 e. The second-order valence-electron chi connectivity index (χ2n) is 6.51. The van der Waals surface area contributed by atoms with Crippen LogP contribution in [0.5, 0.6) is 5.75 Å².